The third-order valence-electron chi connectivity index (χ3n) is 2.62. The Morgan fingerprint density at radius 2 is 2.00 bits per heavy atom. The molecule has 0 atom stereocenters. The summed E-state index contributed by atoms with van der Waals surface area (Å²) in [6.07, 6.45) is 2.88. The van der Waals surface area contributed by atoms with Crippen LogP contribution in [0.3, 0.4) is 0 Å². The molecular weight excluding hydrogens is 348 g/mol. The fourth-order valence-electron chi connectivity index (χ4n) is 1.70. The lowest BCUT2D eigenvalue weighted by molar-refractivity contribution is 0.0953. The third-order valence-corrected chi connectivity index (χ3v) is 3.15. The molecule has 1 heterocycles. The van der Waals surface area contributed by atoms with Gasteiger partial charge in [-0.2, -0.15) is 0 Å². The molecule has 1 aliphatic rings. The van der Waals surface area contributed by atoms with E-state index in [1.807, 2.05) is 35.2 Å². The predicted octanol–water partition coefficient (Wildman–Crippen LogP) is 2.72. The van der Waals surface area contributed by atoms with E-state index in [0.29, 0.717) is 12.4 Å². The van der Waals surface area contributed by atoms with E-state index in [0.717, 1.165) is 23.0 Å². The first-order valence-corrected chi connectivity index (χ1v) is 5.95. The molecule has 0 unspecified atom stereocenters. The van der Waals surface area contributed by atoms with Gasteiger partial charge in [-0.15, -0.1) is 17.0 Å². The largest absolute Gasteiger partial charge is 0.386 e. The zero-order chi connectivity index (χ0) is 11.5. The highest BCUT2D eigenvalue weighted by atomic mass is 79.9. The van der Waals surface area contributed by atoms with Crippen molar-refractivity contribution < 1.29 is 4.79 Å². The van der Waals surface area contributed by atoms with Crippen molar-refractivity contribution in [2.24, 2.45) is 5.73 Å². The summed E-state index contributed by atoms with van der Waals surface area (Å²) in [5, 5.41) is 0. The molecule has 0 aliphatic carbocycles. The quantitative estimate of drug-likeness (QED) is 0.842. The van der Waals surface area contributed by atoms with Crippen LogP contribution in [0.4, 0.5) is 0 Å². The van der Waals surface area contributed by atoms with Gasteiger partial charge < -0.3 is 10.6 Å². The second-order valence-corrected chi connectivity index (χ2v) is 4.68. The molecule has 0 aromatic heterocycles. The van der Waals surface area contributed by atoms with Crippen molar-refractivity contribution in [1.82, 2.24) is 4.90 Å². The van der Waals surface area contributed by atoms with Gasteiger partial charge in [0.1, 0.15) is 0 Å². The number of rotatable bonds is 3. The number of hydrogen-bond donors (Lipinski definition) is 1. The Labute approximate surface area is 120 Å². The van der Waals surface area contributed by atoms with Gasteiger partial charge in [-0.3, -0.25) is 4.79 Å². The number of halogens is 2. The summed E-state index contributed by atoms with van der Waals surface area (Å²) in [5.41, 5.74) is 6.48. The number of benzene rings is 1. The Morgan fingerprint density at radius 1 is 1.35 bits per heavy atom. The molecule has 0 spiro atoms. The van der Waals surface area contributed by atoms with Gasteiger partial charge in [0, 0.05) is 16.6 Å². The highest BCUT2D eigenvalue weighted by Gasteiger charge is 2.16. The Bertz CT molecular complexity index is 429. The number of carbonyl (C=O) groups excluding carboxylic acids is 1. The van der Waals surface area contributed by atoms with Gasteiger partial charge in [-0.25, -0.2) is 0 Å². The van der Waals surface area contributed by atoms with E-state index in [2.05, 4.69) is 15.9 Å². The van der Waals surface area contributed by atoms with Gasteiger partial charge in [0.2, 0.25) is 0 Å². The molecular formula is C12H14Br2N2O. The fourth-order valence-corrected chi connectivity index (χ4v) is 1.96. The Morgan fingerprint density at radius 3 is 2.53 bits per heavy atom. The van der Waals surface area contributed by atoms with Crippen LogP contribution < -0.4 is 5.73 Å². The van der Waals surface area contributed by atoms with Crippen LogP contribution in [0.5, 0.6) is 0 Å². The van der Waals surface area contributed by atoms with Gasteiger partial charge in [0.25, 0.3) is 0 Å². The molecule has 2 N–H and O–H groups in total. The normalized spacial score (nSPS) is 14.2. The summed E-state index contributed by atoms with van der Waals surface area (Å²) < 4.78 is 0.977. The lowest BCUT2D eigenvalue weighted by Crippen LogP contribution is -2.30. The first-order chi connectivity index (χ1) is 7.66. The maximum absolute atomic E-state index is 11.9. The zero-order valence-corrected chi connectivity index (χ0v) is 12.5. The molecule has 92 valence electrons. The summed E-state index contributed by atoms with van der Waals surface area (Å²) in [6.45, 7) is 1.21. The second kappa shape index (κ2) is 6.21. The summed E-state index contributed by atoms with van der Waals surface area (Å²) in [7, 11) is 0. The molecule has 0 radical (unpaired) electrons. The maximum atomic E-state index is 11.9. The van der Waals surface area contributed by atoms with E-state index in [1.165, 1.54) is 0 Å². The van der Waals surface area contributed by atoms with Crippen LogP contribution in [-0.4, -0.2) is 23.8 Å². The molecule has 0 saturated heterocycles. The molecule has 17 heavy (non-hydrogen) atoms. The van der Waals surface area contributed by atoms with Crippen LogP contribution in [-0.2, 0) is 0 Å². The van der Waals surface area contributed by atoms with Crippen molar-refractivity contribution in [3.63, 3.8) is 0 Å². The zero-order valence-electron chi connectivity index (χ0n) is 9.23. The average molecular weight is 362 g/mol. The van der Waals surface area contributed by atoms with Crippen LogP contribution in [0.25, 0.3) is 0 Å². The van der Waals surface area contributed by atoms with E-state index in [4.69, 9.17) is 5.73 Å². The van der Waals surface area contributed by atoms with E-state index in [-0.39, 0.29) is 22.8 Å². The number of ketones is 1. The maximum Gasteiger partial charge on any atom is 0.182 e. The summed E-state index contributed by atoms with van der Waals surface area (Å²) in [6, 6.07) is 7.39. The highest BCUT2D eigenvalue weighted by Crippen LogP contribution is 2.14. The molecule has 0 saturated carbocycles. The number of carbonyl (C=O) groups is 1. The first-order valence-electron chi connectivity index (χ1n) is 5.16. The molecule has 1 aromatic rings. The highest BCUT2D eigenvalue weighted by molar-refractivity contribution is 9.10. The van der Waals surface area contributed by atoms with Crippen LogP contribution >= 0.6 is 32.9 Å². The van der Waals surface area contributed by atoms with E-state index in [1.54, 1.807) is 0 Å². The van der Waals surface area contributed by atoms with Crippen LogP contribution in [0.2, 0.25) is 0 Å². The first kappa shape index (κ1) is 14.3. The lowest BCUT2D eigenvalue weighted by Gasteiger charge is -2.18. The molecule has 0 amide bonds. The second-order valence-electron chi connectivity index (χ2n) is 3.77. The molecule has 2 rings (SSSR count). The topological polar surface area (TPSA) is 46.3 Å². The van der Waals surface area contributed by atoms with Crippen LogP contribution in [0.1, 0.15) is 16.8 Å². The molecule has 1 aliphatic heterocycles. The van der Waals surface area contributed by atoms with Crippen molar-refractivity contribution in [3.05, 3.63) is 46.2 Å². The van der Waals surface area contributed by atoms with Gasteiger partial charge in [0.15, 0.2) is 5.78 Å². The minimum absolute atomic E-state index is 0. The molecule has 3 nitrogen and oxygen atoms in total. The van der Waals surface area contributed by atoms with Crippen molar-refractivity contribution in [1.29, 1.82) is 0 Å². The SMILES string of the molecule is Br.NC1=CCCN1CC(=O)c1ccc(Br)cc1. The van der Waals surface area contributed by atoms with Crippen molar-refractivity contribution in [2.75, 3.05) is 13.1 Å². The van der Waals surface area contributed by atoms with Gasteiger partial charge in [-0.05, 0) is 24.6 Å². The Kier molecular flexibility index (Phi) is 5.21. The number of nitrogens with two attached hydrogens (primary N) is 1. The number of nitrogens with zero attached hydrogens (tertiary/aromatic N) is 1. The summed E-state index contributed by atoms with van der Waals surface area (Å²) >= 11 is 3.34. The van der Waals surface area contributed by atoms with E-state index >= 15 is 0 Å². The minimum atomic E-state index is 0. The van der Waals surface area contributed by atoms with Crippen molar-refractivity contribution in [3.8, 4) is 0 Å². The predicted molar refractivity (Wildman–Crippen MR) is 77.3 cm³/mol. The van der Waals surface area contributed by atoms with Crippen molar-refractivity contribution in [2.45, 2.75) is 6.42 Å². The van der Waals surface area contributed by atoms with Gasteiger partial charge >= 0.3 is 0 Å². The standard InChI is InChI=1S/C12H13BrN2O.BrH/c13-10-5-3-9(4-6-10)11(16)8-15-7-1-2-12(15)14;/h2-6H,1,7-8,14H2;1H. The Balaban J connectivity index is 0.00000144. The van der Waals surface area contributed by atoms with Crippen LogP contribution in [0.15, 0.2) is 40.6 Å². The van der Waals surface area contributed by atoms with E-state index in [9.17, 15) is 4.79 Å². The van der Waals surface area contributed by atoms with E-state index < -0.39 is 0 Å². The Hall–Kier alpha value is -0.810. The number of hydrogen-bond acceptors (Lipinski definition) is 3. The smallest absolute Gasteiger partial charge is 0.182 e. The third kappa shape index (κ3) is 3.57. The molecule has 5 heteroatoms. The number of Topliss-reactive ketones (excluding diaryl/α,β-unsaturated/α-hetero) is 1. The average Bonchev–Trinajstić information content (AvgIpc) is 2.65. The summed E-state index contributed by atoms with van der Waals surface area (Å²) in [4.78, 5) is 13.8. The van der Waals surface area contributed by atoms with Gasteiger partial charge in [0.05, 0.1) is 12.4 Å². The fraction of sp³-hybridized carbons (Fsp3) is 0.250. The minimum Gasteiger partial charge on any atom is -0.386 e. The van der Waals surface area contributed by atoms with Gasteiger partial charge in [-0.1, -0.05) is 28.1 Å². The molecule has 0 fully saturated rings. The van der Waals surface area contributed by atoms with Crippen molar-refractivity contribution >= 4 is 38.7 Å². The monoisotopic (exact) mass is 360 g/mol. The summed E-state index contributed by atoms with van der Waals surface area (Å²) in [5.74, 6) is 0.816. The van der Waals surface area contributed by atoms with Crippen LogP contribution in [0, 0.1) is 0 Å². The lowest BCUT2D eigenvalue weighted by atomic mass is 10.1. The molecule has 0 bridgehead atoms. The molecule has 1 aromatic carbocycles.